The Bertz CT molecular complexity index is 370. The molecule has 0 saturated carbocycles. The van der Waals surface area contributed by atoms with E-state index >= 15 is 0 Å². The quantitative estimate of drug-likeness (QED) is 0.790. The fraction of sp³-hybridized carbons (Fsp3) is 0.500. The van der Waals surface area contributed by atoms with Gasteiger partial charge in [-0.3, -0.25) is 0 Å². The molecule has 3 nitrogen and oxygen atoms in total. The van der Waals surface area contributed by atoms with Crippen LogP contribution in [0, 0.1) is 0 Å². The molecule has 0 aromatic carbocycles. The number of thiazole rings is 1. The molecule has 1 atom stereocenters. The molecule has 0 bridgehead atoms. The molecule has 86 valence electrons. The molecule has 1 aromatic rings. The first-order valence-electron chi connectivity index (χ1n) is 5.57. The molecule has 0 saturated heterocycles. The Morgan fingerprint density at radius 3 is 3.19 bits per heavy atom. The van der Waals surface area contributed by atoms with Gasteiger partial charge >= 0.3 is 0 Å². The van der Waals surface area contributed by atoms with Gasteiger partial charge in [0.05, 0.1) is 13.2 Å². The molecule has 1 aliphatic rings. The van der Waals surface area contributed by atoms with Crippen molar-refractivity contribution < 1.29 is 4.74 Å². The van der Waals surface area contributed by atoms with Crippen molar-refractivity contribution in [2.75, 3.05) is 7.11 Å². The van der Waals surface area contributed by atoms with Gasteiger partial charge in [-0.05, 0) is 18.9 Å². The number of methoxy groups -OCH3 is 1. The third kappa shape index (κ3) is 3.17. The predicted molar refractivity (Wildman–Crippen MR) is 67.8 cm³/mol. The van der Waals surface area contributed by atoms with Crippen LogP contribution < -0.4 is 0 Å². The lowest BCUT2D eigenvalue weighted by atomic mass is 10.1. The van der Waals surface area contributed by atoms with Crippen LogP contribution in [0.15, 0.2) is 22.6 Å². The van der Waals surface area contributed by atoms with Crippen molar-refractivity contribution in [1.82, 2.24) is 4.98 Å². The zero-order valence-corrected chi connectivity index (χ0v) is 10.2. The van der Waals surface area contributed by atoms with E-state index in [-0.39, 0.29) is 6.04 Å². The van der Waals surface area contributed by atoms with Gasteiger partial charge in [-0.1, -0.05) is 12.5 Å². The first-order chi connectivity index (χ1) is 7.88. The van der Waals surface area contributed by atoms with E-state index in [0.29, 0.717) is 0 Å². The van der Waals surface area contributed by atoms with E-state index in [1.165, 1.54) is 12.8 Å². The minimum atomic E-state index is 0.251. The van der Waals surface area contributed by atoms with E-state index in [9.17, 15) is 0 Å². The highest BCUT2D eigenvalue weighted by atomic mass is 32.1. The minimum absolute atomic E-state index is 0.251. The Kier molecular flexibility index (Phi) is 4.10. The highest BCUT2D eigenvalue weighted by Crippen LogP contribution is 2.16. The SMILES string of the molecule is COC1=NC(C=Cc2nccs2)CCCC1. The normalized spacial score (nSPS) is 21.8. The van der Waals surface area contributed by atoms with Crippen LogP contribution in [0.1, 0.15) is 30.7 Å². The molecular formula is C12H16N2OS. The van der Waals surface area contributed by atoms with E-state index in [1.54, 1.807) is 18.4 Å². The second kappa shape index (κ2) is 5.80. The van der Waals surface area contributed by atoms with Gasteiger partial charge in [0.15, 0.2) is 5.90 Å². The lowest BCUT2D eigenvalue weighted by molar-refractivity contribution is 0.387. The van der Waals surface area contributed by atoms with Gasteiger partial charge < -0.3 is 4.74 Å². The van der Waals surface area contributed by atoms with E-state index in [4.69, 9.17) is 4.74 Å². The Morgan fingerprint density at radius 1 is 1.50 bits per heavy atom. The zero-order chi connectivity index (χ0) is 11.2. The maximum Gasteiger partial charge on any atom is 0.183 e. The third-order valence-corrected chi connectivity index (χ3v) is 3.34. The van der Waals surface area contributed by atoms with Crippen LogP contribution in [-0.4, -0.2) is 24.0 Å². The molecule has 2 heterocycles. The van der Waals surface area contributed by atoms with E-state index < -0.39 is 0 Å². The second-order valence-corrected chi connectivity index (χ2v) is 4.70. The number of rotatable bonds is 2. The standard InChI is InChI=1S/C12H16N2OS/c1-15-11-5-3-2-4-10(14-11)6-7-12-13-8-9-16-12/h6-10H,2-5H2,1H3. The second-order valence-electron chi connectivity index (χ2n) is 3.77. The van der Waals surface area contributed by atoms with Crippen molar-refractivity contribution in [2.24, 2.45) is 4.99 Å². The predicted octanol–water partition coefficient (Wildman–Crippen LogP) is 3.14. The van der Waals surface area contributed by atoms with Crippen molar-refractivity contribution in [3.63, 3.8) is 0 Å². The van der Waals surface area contributed by atoms with E-state index in [0.717, 1.165) is 23.7 Å². The zero-order valence-electron chi connectivity index (χ0n) is 9.43. The molecule has 1 aromatic heterocycles. The van der Waals surface area contributed by atoms with Crippen LogP contribution in [0.3, 0.4) is 0 Å². The number of hydrogen-bond acceptors (Lipinski definition) is 4. The third-order valence-electron chi connectivity index (χ3n) is 2.60. The molecule has 0 N–H and O–H groups in total. The Balaban J connectivity index is 2.02. The minimum Gasteiger partial charge on any atom is -0.484 e. The van der Waals surface area contributed by atoms with Gasteiger partial charge in [0.25, 0.3) is 0 Å². The van der Waals surface area contributed by atoms with Gasteiger partial charge in [0, 0.05) is 18.0 Å². The summed E-state index contributed by atoms with van der Waals surface area (Å²) in [5.74, 6) is 0.881. The number of nitrogens with zero attached hydrogens (tertiary/aromatic N) is 2. The molecule has 0 radical (unpaired) electrons. The summed E-state index contributed by atoms with van der Waals surface area (Å²) in [6.45, 7) is 0. The van der Waals surface area contributed by atoms with E-state index in [1.807, 2.05) is 11.6 Å². The lowest BCUT2D eigenvalue weighted by Crippen LogP contribution is -2.04. The Labute approximate surface area is 99.9 Å². The average Bonchev–Trinajstić information content (AvgIpc) is 2.71. The van der Waals surface area contributed by atoms with E-state index in [2.05, 4.69) is 22.1 Å². The Morgan fingerprint density at radius 2 is 2.44 bits per heavy atom. The summed E-state index contributed by atoms with van der Waals surface area (Å²) in [7, 11) is 1.70. The summed E-state index contributed by atoms with van der Waals surface area (Å²) in [5, 5.41) is 3.02. The van der Waals surface area contributed by atoms with Gasteiger partial charge in [0.1, 0.15) is 5.01 Å². The maximum atomic E-state index is 5.24. The van der Waals surface area contributed by atoms with Gasteiger partial charge in [-0.2, -0.15) is 0 Å². The molecule has 0 amide bonds. The number of ether oxygens (including phenoxy) is 1. The molecule has 4 heteroatoms. The first kappa shape index (κ1) is 11.3. The number of aromatic nitrogens is 1. The molecule has 0 fully saturated rings. The van der Waals surface area contributed by atoms with Gasteiger partial charge in [-0.15, -0.1) is 11.3 Å². The van der Waals surface area contributed by atoms with Crippen molar-refractivity contribution in [2.45, 2.75) is 31.7 Å². The molecule has 16 heavy (non-hydrogen) atoms. The number of hydrogen-bond donors (Lipinski definition) is 0. The summed E-state index contributed by atoms with van der Waals surface area (Å²) in [6, 6.07) is 0.251. The van der Waals surface area contributed by atoms with Crippen molar-refractivity contribution in [3.8, 4) is 0 Å². The molecule has 2 rings (SSSR count). The highest BCUT2D eigenvalue weighted by Gasteiger charge is 2.10. The molecule has 1 unspecified atom stereocenters. The molecular weight excluding hydrogens is 220 g/mol. The average molecular weight is 236 g/mol. The lowest BCUT2D eigenvalue weighted by Gasteiger charge is -2.05. The topological polar surface area (TPSA) is 34.5 Å². The molecule has 0 aliphatic carbocycles. The summed E-state index contributed by atoms with van der Waals surface area (Å²) in [4.78, 5) is 8.79. The summed E-state index contributed by atoms with van der Waals surface area (Å²) < 4.78 is 5.24. The fourth-order valence-corrected chi connectivity index (χ4v) is 2.29. The summed E-state index contributed by atoms with van der Waals surface area (Å²) in [6.07, 6.45) is 10.5. The van der Waals surface area contributed by atoms with Crippen LogP contribution in [0.2, 0.25) is 0 Å². The van der Waals surface area contributed by atoms with Crippen LogP contribution >= 0.6 is 11.3 Å². The van der Waals surface area contributed by atoms with Crippen LogP contribution in [0.4, 0.5) is 0 Å². The van der Waals surface area contributed by atoms with Crippen molar-refractivity contribution in [1.29, 1.82) is 0 Å². The van der Waals surface area contributed by atoms with Crippen molar-refractivity contribution >= 4 is 23.3 Å². The van der Waals surface area contributed by atoms with Crippen LogP contribution in [-0.2, 0) is 4.74 Å². The van der Waals surface area contributed by atoms with Gasteiger partial charge in [-0.25, -0.2) is 9.98 Å². The van der Waals surface area contributed by atoms with Gasteiger partial charge in [0.2, 0.25) is 0 Å². The monoisotopic (exact) mass is 236 g/mol. The molecule has 1 aliphatic heterocycles. The molecule has 0 spiro atoms. The van der Waals surface area contributed by atoms with Crippen LogP contribution in [0.25, 0.3) is 6.08 Å². The maximum absolute atomic E-state index is 5.24. The number of aliphatic imine (C=N–C) groups is 1. The first-order valence-corrected chi connectivity index (χ1v) is 6.45. The summed E-state index contributed by atoms with van der Waals surface area (Å²) in [5.41, 5.74) is 0. The fourth-order valence-electron chi connectivity index (χ4n) is 1.75. The van der Waals surface area contributed by atoms with Crippen LogP contribution in [0.5, 0.6) is 0 Å². The highest BCUT2D eigenvalue weighted by molar-refractivity contribution is 7.10. The Hall–Kier alpha value is -1.16. The summed E-state index contributed by atoms with van der Waals surface area (Å²) >= 11 is 1.65. The smallest absolute Gasteiger partial charge is 0.183 e. The van der Waals surface area contributed by atoms with Crippen molar-refractivity contribution in [3.05, 3.63) is 22.7 Å². The largest absolute Gasteiger partial charge is 0.484 e.